The van der Waals surface area contributed by atoms with Crippen LogP contribution in [0.2, 0.25) is 0 Å². The zero-order valence-corrected chi connectivity index (χ0v) is 10.7. The van der Waals surface area contributed by atoms with Crippen molar-refractivity contribution in [1.29, 1.82) is 0 Å². The second-order valence-electron chi connectivity index (χ2n) is 4.68. The SMILES string of the molecule is CCCn1ncnc1CNC1CCOC(C)C1. The number of nitrogens with zero attached hydrogens (tertiary/aromatic N) is 3. The molecule has 96 valence electrons. The minimum Gasteiger partial charge on any atom is -0.378 e. The van der Waals surface area contributed by atoms with E-state index < -0.39 is 0 Å². The molecular weight excluding hydrogens is 216 g/mol. The number of ether oxygens (including phenoxy) is 1. The van der Waals surface area contributed by atoms with Gasteiger partial charge in [0.15, 0.2) is 0 Å². The highest BCUT2D eigenvalue weighted by atomic mass is 16.5. The summed E-state index contributed by atoms with van der Waals surface area (Å²) in [6, 6.07) is 0.547. The van der Waals surface area contributed by atoms with Crippen molar-refractivity contribution in [2.45, 2.75) is 58.3 Å². The van der Waals surface area contributed by atoms with Crippen LogP contribution in [-0.4, -0.2) is 33.5 Å². The van der Waals surface area contributed by atoms with Crippen molar-refractivity contribution in [3.63, 3.8) is 0 Å². The highest BCUT2D eigenvalue weighted by Gasteiger charge is 2.19. The van der Waals surface area contributed by atoms with E-state index in [1.54, 1.807) is 6.33 Å². The maximum Gasteiger partial charge on any atom is 0.140 e. The number of rotatable bonds is 5. The van der Waals surface area contributed by atoms with Crippen LogP contribution in [-0.2, 0) is 17.8 Å². The van der Waals surface area contributed by atoms with Crippen molar-refractivity contribution in [2.75, 3.05) is 6.61 Å². The second kappa shape index (κ2) is 6.12. The number of hydrogen-bond acceptors (Lipinski definition) is 4. The lowest BCUT2D eigenvalue weighted by Gasteiger charge is -2.27. The highest BCUT2D eigenvalue weighted by Crippen LogP contribution is 2.13. The predicted octanol–water partition coefficient (Wildman–Crippen LogP) is 1.35. The van der Waals surface area contributed by atoms with Gasteiger partial charge in [0.2, 0.25) is 0 Å². The summed E-state index contributed by atoms with van der Waals surface area (Å²) in [7, 11) is 0. The van der Waals surface area contributed by atoms with Crippen LogP contribution in [0.1, 0.15) is 38.9 Å². The van der Waals surface area contributed by atoms with Crippen LogP contribution < -0.4 is 5.32 Å². The van der Waals surface area contributed by atoms with E-state index in [1.165, 1.54) is 0 Å². The predicted molar refractivity (Wildman–Crippen MR) is 65.6 cm³/mol. The smallest absolute Gasteiger partial charge is 0.140 e. The molecule has 0 amide bonds. The molecule has 0 aliphatic carbocycles. The summed E-state index contributed by atoms with van der Waals surface area (Å²) in [5, 5.41) is 7.78. The van der Waals surface area contributed by atoms with Crippen LogP contribution in [0.5, 0.6) is 0 Å². The third-order valence-electron chi connectivity index (χ3n) is 3.17. The van der Waals surface area contributed by atoms with Gasteiger partial charge in [0.1, 0.15) is 12.2 Å². The standard InChI is InChI=1S/C12H22N4O/c1-3-5-16-12(14-9-15-16)8-13-11-4-6-17-10(2)7-11/h9-11,13H,3-8H2,1-2H3. The van der Waals surface area contributed by atoms with Gasteiger partial charge in [0.05, 0.1) is 12.6 Å². The van der Waals surface area contributed by atoms with Crippen molar-refractivity contribution < 1.29 is 4.74 Å². The summed E-state index contributed by atoms with van der Waals surface area (Å²) in [5.74, 6) is 1.03. The van der Waals surface area contributed by atoms with Gasteiger partial charge in [-0.15, -0.1) is 0 Å². The highest BCUT2D eigenvalue weighted by molar-refractivity contribution is 4.86. The monoisotopic (exact) mass is 238 g/mol. The molecule has 5 heteroatoms. The first-order valence-electron chi connectivity index (χ1n) is 6.51. The van der Waals surface area contributed by atoms with Gasteiger partial charge < -0.3 is 10.1 Å². The van der Waals surface area contributed by atoms with Gasteiger partial charge in [0.25, 0.3) is 0 Å². The first-order chi connectivity index (χ1) is 8.29. The Labute approximate surface area is 103 Å². The molecule has 1 aliphatic heterocycles. The fourth-order valence-corrected chi connectivity index (χ4v) is 2.24. The number of hydrogen-bond donors (Lipinski definition) is 1. The lowest BCUT2D eigenvalue weighted by atomic mass is 10.0. The van der Waals surface area contributed by atoms with Crippen LogP contribution in [0, 0.1) is 0 Å². The van der Waals surface area contributed by atoms with Gasteiger partial charge in [0, 0.05) is 19.2 Å². The van der Waals surface area contributed by atoms with Crippen LogP contribution >= 0.6 is 0 Å². The Morgan fingerprint density at radius 1 is 1.59 bits per heavy atom. The summed E-state index contributed by atoms with van der Waals surface area (Å²) in [6.45, 7) is 6.89. The van der Waals surface area contributed by atoms with E-state index in [1.807, 2.05) is 4.68 Å². The summed E-state index contributed by atoms with van der Waals surface area (Å²) >= 11 is 0. The van der Waals surface area contributed by atoms with E-state index in [0.29, 0.717) is 12.1 Å². The van der Waals surface area contributed by atoms with Crippen LogP contribution in [0.25, 0.3) is 0 Å². The second-order valence-corrected chi connectivity index (χ2v) is 4.68. The minimum atomic E-state index is 0.370. The first-order valence-corrected chi connectivity index (χ1v) is 6.51. The quantitative estimate of drug-likeness (QED) is 0.841. The summed E-state index contributed by atoms with van der Waals surface area (Å²) in [6.07, 6.45) is 5.27. The molecule has 2 atom stereocenters. The molecular formula is C12H22N4O. The molecule has 5 nitrogen and oxygen atoms in total. The molecule has 0 saturated carbocycles. The molecule has 1 aliphatic rings. The zero-order chi connectivity index (χ0) is 12.1. The lowest BCUT2D eigenvalue weighted by Crippen LogP contribution is -2.38. The fraction of sp³-hybridized carbons (Fsp3) is 0.833. The van der Waals surface area contributed by atoms with Gasteiger partial charge >= 0.3 is 0 Å². The van der Waals surface area contributed by atoms with Gasteiger partial charge in [-0.25, -0.2) is 9.67 Å². The Morgan fingerprint density at radius 3 is 3.24 bits per heavy atom. The van der Waals surface area contributed by atoms with E-state index in [4.69, 9.17) is 4.74 Å². The number of nitrogens with one attached hydrogen (secondary N) is 1. The minimum absolute atomic E-state index is 0.370. The van der Waals surface area contributed by atoms with E-state index in [-0.39, 0.29) is 0 Å². The zero-order valence-electron chi connectivity index (χ0n) is 10.7. The van der Waals surface area contributed by atoms with E-state index >= 15 is 0 Å². The normalized spacial score (nSPS) is 25.1. The van der Waals surface area contributed by atoms with E-state index in [2.05, 4.69) is 29.2 Å². The Hall–Kier alpha value is -0.940. The molecule has 17 heavy (non-hydrogen) atoms. The third kappa shape index (κ3) is 3.51. The molecule has 1 aromatic rings. The van der Waals surface area contributed by atoms with Crippen LogP contribution in [0.15, 0.2) is 6.33 Å². The molecule has 2 heterocycles. The third-order valence-corrected chi connectivity index (χ3v) is 3.17. The molecule has 1 N–H and O–H groups in total. The van der Waals surface area contributed by atoms with Crippen molar-refractivity contribution >= 4 is 0 Å². The molecule has 1 fully saturated rings. The van der Waals surface area contributed by atoms with Crippen molar-refractivity contribution in [3.05, 3.63) is 12.2 Å². The summed E-state index contributed by atoms with van der Waals surface area (Å²) < 4.78 is 7.52. The maximum absolute atomic E-state index is 5.53. The Balaban J connectivity index is 1.82. The lowest BCUT2D eigenvalue weighted by molar-refractivity contribution is 0.0129. The number of aromatic nitrogens is 3. The molecule has 0 radical (unpaired) electrons. The van der Waals surface area contributed by atoms with E-state index in [0.717, 1.165) is 44.8 Å². The molecule has 2 rings (SSSR count). The van der Waals surface area contributed by atoms with Gasteiger partial charge in [-0.05, 0) is 26.2 Å². The number of aryl methyl sites for hydroxylation is 1. The summed E-state index contributed by atoms with van der Waals surface area (Å²) in [5.41, 5.74) is 0. The van der Waals surface area contributed by atoms with Crippen LogP contribution in [0.4, 0.5) is 0 Å². The molecule has 0 bridgehead atoms. The maximum atomic E-state index is 5.53. The van der Waals surface area contributed by atoms with E-state index in [9.17, 15) is 0 Å². The van der Waals surface area contributed by atoms with Crippen molar-refractivity contribution in [1.82, 2.24) is 20.1 Å². The molecule has 0 spiro atoms. The summed E-state index contributed by atoms with van der Waals surface area (Å²) in [4.78, 5) is 4.30. The average molecular weight is 238 g/mol. The molecule has 1 aromatic heterocycles. The average Bonchev–Trinajstić information content (AvgIpc) is 2.75. The first kappa shape index (κ1) is 12.5. The van der Waals surface area contributed by atoms with Crippen molar-refractivity contribution in [3.8, 4) is 0 Å². The fourth-order valence-electron chi connectivity index (χ4n) is 2.24. The van der Waals surface area contributed by atoms with Gasteiger partial charge in [-0.1, -0.05) is 6.92 Å². The van der Waals surface area contributed by atoms with Gasteiger partial charge in [-0.3, -0.25) is 0 Å². The molecule has 2 unspecified atom stereocenters. The Morgan fingerprint density at radius 2 is 2.47 bits per heavy atom. The molecule has 0 aromatic carbocycles. The topological polar surface area (TPSA) is 52.0 Å². The Kier molecular flexibility index (Phi) is 4.50. The van der Waals surface area contributed by atoms with Crippen molar-refractivity contribution in [2.24, 2.45) is 0 Å². The van der Waals surface area contributed by atoms with Crippen LogP contribution in [0.3, 0.4) is 0 Å². The Bertz CT molecular complexity index is 339. The van der Waals surface area contributed by atoms with Gasteiger partial charge in [-0.2, -0.15) is 5.10 Å². The molecule has 1 saturated heterocycles. The largest absolute Gasteiger partial charge is 0.378 e.